The first-order chi connectivity index (χ1) is 10.7. The van der Waals surface area contributed by atoms with Gasteiger partial charge in [-0.05, 0) is 36.6 Å². The first-order valence-electron chi connectivity index (χ1n) is 7.47. The van der Waals surface area contributed by atoms with Crippen LogP contribution in [0, 0.1) is 6.92 Å². The second-order valence-corrected chi connectivity index (χ2v) is 5.64. The minimum Gasteiger partial charge on any atom is -0.497 e. The van der Waals surface area contributed by atoms with Gasteiger partial charge in [-0.25, -0.2) is 4.99 Å². The van der Waals surface area contributed by atoms with Gasteiger partial charge in [0.25, 0.3) is 0 Å². The number of hydrogen-bond acceptors (Lipinski definition) is 2. The number of benzene rings is 2. The van der Waals surface area contributed by atoms with E-state index in [4.69, 9.17) is 10.5 Å². The Balaban J connectivity index is 0.00000192. The van der Waals surface area contributed by atoms with Crippen LogP contribution in [0.3, 0.4) is 0 Å². The molecule has 1 saturated carbocycles. The Hall–Kier alpha value is -1.76. The molecule has 0 aromatic heterocycles. The maximum atomic E-state index is 6.01. The molecule has 2 aromatic rings. The summed E-state index contributed by atoms with van der Waals surface area (Å²) in [5, 5.41) is 3.12. The Bertz CT molecular complexity index is 702. The molecule has 3 N–H and O–H groups in total. The van der Waals surface area contributed by atoms with E-state index in [2.05, 4.69) is 41.5 Å². The zero-order valence-corrected chi connectivity index (χ0v) is 15.7. The van der Waals surface area contributed by atoms with Gasteiger partial charge < -0.3 is 15.8 Å². The van der Waals surface area contributed by atoms with Crippen LogP contribution < -0.4 is 15.8 Å². The molecule has 0 bridgehead atoms. The summed E-state index contributed by atoms with van der Waals surface area (Å²) in [4.78, 5) is 4.58. The molecule has 2 atom stereocenters. The third kappa shape index (κ3) is 4.37. The Morgan fingerprint density at radius 1 is 1.22 bits per heavy atom. The topological polar surface area (TPSA) is 59.6 Å². The summed E-state index contributed by atoms with van der Waals surface area (Å²) in [6.45, 7) is 2.15. The fourth-order valence-electron chi connectivity index (χ4n) is 2.72. The summed E-state index contributed by atoms with van der Waals surface area (Å²) in [6, 6.07) is 16.4. The van der Waals surface area contributed by atoms with Gasteiger partial charge in [-0.2, -0.15) is 0 Å². The number of ether oxygens (including phenoxy) is 1. The molecule has 2 aromatic carbocycles. The second kappa shape index (κ2) is 7.68. The SMILES string of the molecule is COc1cccc(NC(N)=NC2CC2c2ccccc2C)c1.I. The molecular weight excluding hydrogens is 401 g/mol. The zero-order chi connectivity index (χ0) is 15.5. The van der Waals surface area contributed by atoms with Gasteiger partial charge in [-0.15, -0.1) is 24.0 Å². The van der Waals surface area contributed by atoms with E-state index in [1.807, 2.05) is 24.3 Å². The van der Waals surface area contributed by atoms with E-state index in [1.54, 1.807) is 7.11 Å². The van der Waals surface area contributed by atoms with Crippen molar-refractivity contribution < 1.29 is 4.74 Å². The van der Waals surface area contributed by atoms with Crippen LogP contribution in [0.4, 0.5) is 5.69 Å². The summed E-state index contributed by atoms with van der Waals surface area (Å²) < 4.78 is 5.20. The third-order valence-corrected chi connectivity index (χ3v) is 3.99. The van der Waals surface area contributed by atoms with Crippen molar-refractivity contribution in [1.82, 2.24) is 0 Å². The maximum absolute atomic E-state index is 6.01. The highest BCUT2D eigenvalue weighted by atomic mass is 127. The number of hydrogen-bond donors (Lipinski definition) is 2. The Morgan fingerprint density at radius 2 is 2.00 bits per heavy atom. The van der Waals surface area contributed by atoms with Crippen LogP contribution in [-0.4, -0.2) is 19.1 Å². The van der Waals surface area contributed by atoms with E-state index in [0.29, 0.717) is 11.9 Å². The molecule has 2 unspecified atom stereocenters. The molecule has 0 radical (unpaired) electrons. The summed E-state index contributed by atoms with van der Waals surface area (Å²) in [5.41, 5.74) is 9.60. The minimum atomic E-state index is 0. The van der Waals surface area contributed by atoms with Gasteiger partial charge >= 0.3 is 0 Å². The molecular formula is C18H22IN3O. The number of aliphatic imine (C=N–C) groups is 1. The van der Waals surface area contributed by atoms with E-state index in [1.165, 1.54) is 11.1 Å². The number of methoxy groups -OCH3 is 1. The molecule has 0 spiro atoms. The van der Waals surface area contributed by atoms with Crippen molar-refractivity contribution in [3.05, 3.63) is 59.7 Å². The van der Waals surface area contributed by atoms with Crippen LogP contribution in [-0.2, 0) is 0 Å². The van der Waals surface area contributed by atoms with Crippen LogP contribution in [0.25, 0.3) is 0 Å². The van der Waals surface area contributed by atoms with Crippen molar-refractivity contribution in [2.75, 3.05) is 12.4 Å². The first-order valence-corrected chi connectivity index (χ1v) is 7.47. The van der Waals surface area contributed by atoms with E-state index < -0.39 is 0 Å². The average Bonchev–Trinajstić information content (AvgIpc) is 3.26. The van der Waals surface area contributed by atoms with Crippen molar-refractivity contribution in [3.63, 3.8) is 0 Å². The molecule has 3 rings (SSSR count). The molecule has 0 amide bonds. The number of anilines is 1. The Labute approximate surface area is 154 Å². The summed E-state index contributed by atoms with van der Waals surface area (Å²) in [6.07, 6.45) is 1.06. The number of nitrogens with two attached hydrogens (primary N) is 1. The van der Waals surface area contributed by atoms with Gasteiger partial charge in [0.1, 0.15) is 5.75 Å². The number of nitrogens with zero attached hydrogens (tertiary/aromatic N) is 1. The molecule has 0 saturated heterocycles. The number of aryl methyl sites for hydroxylation is 1. The van der Waals surface area contributed by atoms with Crippen molar-refractivity contribution in [2.45, 2.75) is 25.3 Å². The van der Waals surface area contributed by atoms with Crippen LogP contribution in [0.1, 0.15) is 23.5 Å². The number of nitrogens with one attached hydrogen (secondary N) is 1. The third-order valence-electron chi connectivity index (χ3n) is 3.99. The van der Waals surface area contributed by atoms with Gasteiger partial charge in [0, 0.05) is 17.7 Å². The number of rotatable bonds is 4. The lowest BCUT2D eigenvalue weighted by Gasteiger charge is -2.07. The van der Waals surface area contributed by atoms with Gasteiger partial charge in [0.2, 0.25) is 0 Å². The number of guanidine groups is 1. The van der Waals surface area contributed by atoms with Crippen molar-refractivity contribution in [2.24, 2.45) is 10.7 Å². The average molecular weight is 423 g/mol. The summed E-state index contributed by atoms with van der Waals surface area (Å²) >= 11 is 0. The predicted molar refractivity (Wildman–Crippen MR) is 106 cm³/mol. The van der Waals surface area contributed by atoms with Crippen LogP contribution in [0.5, 0.6) is 5.75 Å². The lowest BCUT2D eigenvalue weighted by molar-refractivity contribution is 0.415. The van der Waals surface area contributed by atoms with Crippen LogP contribution >= 0.6 is 24.0 Å². The molecule has 4 nitrogen and oxygen atoms in total. The van der Waals surface area contributed by atoms with Crippen molar-refractivity contribution in [3.8, 4) is 5.75 Å². The highest BCUT2D eigenvalue weighted by Crippen LogP contribution is 2.44. The Kier molecular flexibility index (Phi) is 5.87. The smallest absolute Gasteiger partial charge is 0.193 e. The summed E-state index contributed by atoms with van der Waals surface area (Å²) in [5.74, 6) is 1.74. The highest BCUT2D eigenvalue weighted by molar-refractivity contribution is 14.0. The Morgan fingerprint density at radius 3 is 2.74 bits per heavy atom. The fraction of sp³-hybridized carbons (Fsp3) is 0.278. The molecule has 5 heteroatoms. The summed E-state index contributed by atoms with van der Waals surface area (Å²) in [7, 11) is 1.65. The molecule has 1 fully saturated rings. The van der Waals surface area contributed by atoms with E-state index in [-0.39, 0.29) is 30.0 Å². The van der Waals surface area contributed by atoms with Crippen molar-refractivity contribution >= 4 is 35.6 Å². The van der Waals surface area contributed by atoms with Gasteiger partial charge in [0.15, 0.2) is 5.96 Å². The quantitative estimate of drug-likeness (QED) is 0.446. The maximum Gasteiger partial charge on any atom is 0.193 e. The second-order valence-electron chi connectivity index (χ2n) is 5.64. The minimum absolute atomic E-state index is 0. The van der Waals surface area contributed by atoms with Gasteiger partial charge in [-0.1, -0.05) is 30.3 Å². The fourth-order valence-corrected chi connectivity index (χ4v) is 2.72. The molecule has 1 aliphatic rings. The van der Waals surface area contributed by atoms with Gasteiger partial charge in [0.05, 0.1) is 13.2 Å². The molecule has 0 aliphatic heterocycles. The molecule has 0 heterocycles. The normalized spacial score (nSPS) is 19.7. The van der Waals surface area contributed by atoms with Gasteiger partial charge in [-0.3, -0.25) is 0 Å². The molecule has 1 aliphatic carbocycles. The molecule has 122 valence electrons. The van der Waals surface area contributed by atoms with Crippen LogP contribution in [0.15, 0.2) is 53.5 Å². The zero-order valence-electron chi connectivity index (χ0n) is 13.3. The first kappa shape index (κ1) is 17.6. The van der Waals surface area contributed by atoms with E-state index in [9.17, 15) is 0 Å². The largest absolute Gasteiger partial charge is 0.497 e. The lowest BCUT2D eigenvalue weighted by Crippen LogP contribution is -2.23. The van der Waals surface area contributed by atoms with E-state index >= 15 is 0 Å². The predicted octanol–water partition coefficient (Wildman–Crippen LogP) is 3.90. The standard InChI is InChI=1S/C18H21N3O.HI/c1-12-6-3-4-9-15(12)16-11-17(16)21-18(19)20-13-7-5-8-14(10-13)22-2;/h3-10,16-17H,11H2,1-2H3,(H3,19,20,21);1H. The van der Waals surface area contributed by atoms with Crippen molar-refractivity contribution in [1.29, 1.82) is 0 Å². The number of halogens is 1. The molecule has 23 heavy (non-hydrogen) atoms. The highest BCUT2D eigenvalue weighted by Gasteiger charge is 2.39. The lowest BCUT2D eigenvalue weighted by atomic mass is 10.0. The van der Waals surface area contributed by atoms with E-state index in [0.717, 1.165) is 17.9 Å². The van der Waals surface area contributed by atoms with Crippen LogP contribution in [0.2, 0.25) is 0 Å². The monoisotopic (exact) mass is 423 g/mol.